The summed E-state index contributed by atoms with van der Waals surface area (Å²) in [5.74, 6) is -0.800. The first kappa shape index (κ1) is 12.5. The van der Waals surface area contributed by atoms with Gasteiger partial charge in [0, 0.05) is 0 Å². The van der Waals surface area contributed by atoms with Crippen LogP contribution in [-0.2, 0) is 4.74 Å². The number of esters is 1. The van der Waals surface area contributed by atoms with E-state index in [9.17, 15) is 4.79 Å². The molecular formula is C10H10N4O3S. The van der Waals surface area contributed by atoms with Crippen molar-refractivity contribution in [1.29, 1.82) is 0 Å². The summed E-state index contributed by atoms with van der Waals surface area (Å²) in [6.45, 7) is 3.80. The standard InChI is InChI=1S/C10H10N4O3S/c1-3-16-9(15)8-13-14-10(17-8)18-7-5-4-6(2)11-12-7/h4-5H,3H2,1-2H3. The van der Waals surface area contributed by atoms with Gasteiger partial charge < -0.3 is 9.15 Å². The van der Waals surface area contributed by atoms with E-state index in [1.54, 1.807) is 13.0 Å². The zero-order valence-electron chi connectivity index (χ0n) is 9.78. The summed E-state index contributed by atoms with van der Waals surface area (Å²) in [4.78, 5) is 11.3. The summed E-state index contributed by atoms with van der Waals surface area (Å²) in [5.41, 5.74) is 0.817. The second-order valence-corrected chi connectivity index (χ2v) is 4.18. The summed E-state index contributed by atoms with van der Waals surface area (Å²) in [6.07, 6.45) is 0. The zero-order valence-corrected chi connectivity index (χ0v) is 10.6. The van der Waals surface area contributed by atoms with Crippen LogP contribution in [0.1, 0.15) is 23.3 Å². The Balaban J connectivity index is 2.06. The minimum Gasteiger partial charge on any atom is -0.459 e. The summed E-state index contributed by atoms with van der Waals surface area (Å²) < 4.78 is 9.87. The molecule has 2 heterocycles. The molecule has 8 heteroatoms. The molecule has 0 spiro atoms. The second kappa shape index (κ2) is 5.58. The molecule has 0 radical (unpaired) electrons. The van der Waals surface area contributed by atoms with Gasteiger partial charge in [0.15, 0.2) is 0 Å². The largest absolute Gasteiger partial charge is 0.459 e. The number of carbonyl (C=O) groups is 1. The highest BCUT2D eigenvalue weighted by Crippen LogP contribution is 2.23. The van der Waals surface area contributed by atoms with Crippen LogP contribution < -0.4 is 0 Å². The van der Waals surface area contributed by atoms with Gasteiger partial charge in [-0.25, -0.2) is 4.79 Å². The molecule has 0 saturated heterocycles. The Bertz CT molecular complexity index is 540. The molecule has 0 amide bonds. The molecule has 0 aromatic carbocycles. The van der Waals surface area contributed by atoms with Crippen molar-refractivity contribution in [1.82, 2.24) is 20.4 Å². The summed E-state index contributed by atoms with van der Waals surface area (Å²) in [6, 6.07) is 3.60. The maximum atomic E-state index is 11.3. The third-order valence-corrected chi connectivity index (χ3v) is 2.59. The lowest BCUT2D eigenvalue weighted by Crippen LogP contribution is -2.04. The molecule has 18 heavy (non-hydrogen) atoms. The second-order valence-electron chi connectivity index (χ2n) is 3.21. The molecule has 0 aliphatic rings. The highest BCUT2D eigenvalue weighted by molar-refractivity contribution is 7.99. The minimum absolute atomic E-state index is 0.167. The smallest absolute Gasteiger partial charge is 0.396 e. The van der Waals surface area contributed by atoms with Crippen LogP contribution in [0.4, 0.5) is 0 Å². The molecule has 0 unspecified atom stereocenters. The average Bonchev–Trinajstić information content (AvgIpc) is 2.81. The lowest BCUT2D eigenvalue weighted by atomic mass is 10.4. The van der Waals surface area contributed by atoms with Crippen molar-refractivity contribution < 1.29 is 13.9 Å². The number of aromatic nitrogens is 4. The first-order valence-corrected chi connectivity index (χ1v) is 5.99. The molecule has 2 aromatic heterocycles. The topological polar surface area (TPSA) is 91.0 Å². The number of ether oxygens (including phenoxy) is 1. The number of aryl methyl sites for hydroxylation is 1. The lowest BCUT2D eigenvalue weighted by Gasteiger charge is -1.95. The van der Waals surface area contributed by atoms with E-state index in [1.807, 2.05) is 13.0 Å². The summed E-state index contributed by atoms with van der Waals surface area (Å²) in [5, 5.41) is 16.0. The first-order chi connectivity index (χ1) is 8.69. The minimum atomic E-state index is -0.633. The van der Waals surface area contributed by atoms with Crippen LogP contribution in [-0.4, -0.2) is 33.0 Å². The number of hydrogen-bond acceptors (Lipinski definition) is 8. The van der Waals surface area contributed by atoms with Crippen molar-refractivity contribution in [3.05, 3.63) is 23.7 Å². The fourth-order valence-corrected chi connectivity index (χ4v) is 1.66. The molecule has 0 aliphatic carbocycles. The van der Waals surface area contributed by atoms with Crippen molar-refractivity contribution >= 4 is 17.7 Å². The van der Waals surface area contributed by atoms with Gasteiger partial charge in [0.2, 0.25) is 0 Å². The molecular weight excluding hydrogens is 256 g/mol. The van der Waals surface area contributed by atoms with Crippen LogP contribution in [0, 0.1) is 6.92 Å². The number of hydrogen-bond donors (Lipinski definition) is 0. The number of carbonyl (C=O) groups excluding carboxylic acids is 1. The van der Waals surface area contributed by atoms with Crippen LogP contribution >= 0.6 is 11.8 Å². The van der Waals surface area contributed by atoms with E-state index in [0.717, 1.165) is 17.5 Å². The molecule has 7 nitrogen and oxygen atoms in total. The SMILES string of the molecule is CCOC(=O)c1nnc(Sc2ccc(C)nn2)o1. The van der Waals surface area contributed by atoms with Gasteiger partial charge in [-0.3, -0.25) is 0 Å². The molecule has 0 N–H and O–H groups in total. The van der Waals surface area contributed by atoms with E-state index < -0.39 is 5.97 Å². The molecule has 2 aromatic rings. The predicted octanol–water partition coefficient (Wildman–Crippen LogP) is 1.50. The van der Waals surface area contributed by atoms with Gasteiger partial charge in [-0.1, -0.05) is 5.10 Å². The third-order valence-electron chi connectivity index (χ3n) is 1.82. The third kappa shape index (κ3) is 3.04. The Morgan fingerprint density at radius 3 is 2.83 bits per heavy atom. The summed E-state index contributed by atoms with van der Waals surface area (Å²) in [7, 11) is 0. The summed E-state index contributed by atoms with van der Waals surface area (Å²) >= 11 is 1.13. The highest BCUT2D eigenvalue weighted by Gasteiger charge is 2.16. The van der Waals surface area contributed by atoms with Crippen LogP contribution in [0.5, 0.6) is 0 Å². The van der Waals surface area contributed by atoms with E-state index >= 15 is 0 Å². The van der Waals surface area contributed by atoms with Crippen LogP contribution in [0.2, 0.25) is 0 Å². The van der Waals surface area contributed by atoms with Crippen LogP contribution in [0.15, 0.2) is 26.8 Å². The Morgan fingerprint density at radius 2 is 2.17 bits per heavy atom. The fourth-order valence-electron chi connectivity index (χ4n) is 1.06. The Labute approximate surface area is 107 Å². The van der Waals surface area contributed by atoms with E-state index in [-0.39, 0.29) is 17.7 Å². The van der Waals surface area contributed by atoms with Gasteiger partial charge in [0.05, 0.1) is 12.3 Å². The molecule has 0 bridgehead atoms. The highest BCUT2D eigenvalue weighted by atomic mass is 32.2. The number of nitrogens with zero attached hydrogens (tertiary/aromatic N) is 4. The van der Waals surface area contributed by atoms with Gasteiger partial charge in [-0.05, 0) is 37.7 Å². The normalized spacial score (nSPS) is 10.3. The van der Waals surface area contributed by atoms with Gasteiger partial charge in [0.25, 0.3) is 5.22 Å². The van der Waals surface area contributed by atoms with Gasteiger partial charge in [-0.15, -0.1) is 10.2 Å². The average molecular weight is 266 g/mol. The Morgan fingerprint density at radius 1 is 1.33 bits per heavy atom. The van der Waals surface area contributed by atoms with E-state index in [0.29, 0.717) is 5.03 Å². The van der Waals surface area contributed by atoms with Gasteiger partial charge in [-0.2, -0.15) is 5.10 Å². The Kier molecular flexibility index (Phi) is 3.88. The van der Waals surface area contributed by atoms with Crippen molar-refractivity contribution in [3.63, 3.8) is 0 Å². The van der Waals surface area contributed by atoms with Crippen molar-refractivity contribution in [3.8, 4) is 0 Å². The van der Waals surface area contributed by atoms with Crippen LogP contribution in [0.3, 0.4) is 0 Å². The maximum Gasteiger partial charge on any atom is 0.396 e. The van der Waals surface area contributed by atoms with E-state index in [1.165, 1.54) is 0 Å². The monoisotopic (exact) mass is 266 g/mol. The van der Waals surface area contributed by atoms with Gasteiger partial charge in [0.1, 0.15) is 5.03 Å². The molecule has 0 saturated carbocycles. The van der Waals surface area contributed by atoms with Crippen molar-refractivity contribution in [2.75, 3.05) is 6.61 Å². The van der Waals surface area contributed by atoms with Crippen LogP contribution in [0.25, 0.3) is 0 Å². The molecule has 0 atom stereocenters. The molecule has 0 fully saturated rings. The molecule has 2 rings (SSSR count). The fraction of sp³-hybridized carbons (Fsp3) is 0.300. The Hall–Kier alpha value is -1.96. The molecule has 94 valence electrons. The number of rotatable bonds is 4. The lowest BCUT2D eigenvalue weighted by molar-refractivity contribution is 0.0475. The van der Waals surface area contributed by atoms with Crippen molar-refractivity contribution in [2.24, 2.45) is 0 Å². The first-order valence-electron chi connectivity index (χ1n) is 5.18. The predicted molar refractivity (Wildman–Crippen MR) is 61.1 cm³/mol. The maximum absolute atomic E-state index is 11.3. The van der Waals surface area contributed by atoms with Gasteiger partial charge >= 0.3 is 11.9 Å². The van der Waals surface area contributed by atoms with E-state index in [2.05, 4.69) is 20.4 Å². The molecule has 0 aliphatic heterocycles. The van der Waals surface area contributed by atoms with Crippen molar-refractivity contribution in [2.45, 2.75) is 24.1 Å². The quantitative estimate of drug-likeness (QED) is 0.769. The zero-order chi connectivity index (χ0) is 13.0. The van der Waals surface area contributed by atoms with E-state index in [4.69, 9.17) is 9.15 Å².